The number of hydrogen-bond donors (Lipinski definition) is 1. The molecule has 7 heteroatoms. The Bertz CT molecular complexity index is 757. The Labute approximate surface area is 143 Å². The molecular weight excluding hydrogens is 334 g/mol. The topological polar surface area (TPSA) is 66.8 Å². The van der Waals surface area contributed by atoms with Gasteiger partial charge in [-0.2, -0.15) is 0 Å². The SMILES string of the molecule is Cc1cc(/C=C2\SC(=S)N(CC(=O)O)C2=O)cc2c1OC(C)C2. The lowest BCUT2D eigenvalue weighted by atomic mass is 10.0. The molecule has 1 aromatic rings. The molecule has 0 aliphatic carbocycles. The largest absolute Gasteiger partial charge is 0.490 e. The van der Waals surface area contributed by atoms with Crippen molar-refractivity contribution in [3.63, 3.8) is 0 Å². The summed E-state index contributed by atoms with van der Waals surface area (Å²) >= 11 is 6.23. The molecule has 0 radical (unpaired) electrons. The quantitative estimate of drug-likeness (QED) is 0.668. The van der Waals surface area contributed by atoms with Crippen LogP contribution in [0.5, 0.6) is 5.75 Å². The maximum Gasteiger partial charge on any atom is 0.323 e. The number of fused-ring (bicyclic) bond motifs is 1. The van der Waals surface area contributed by atoms with E-state index in [1.165, 1.54) is 0 Å². The molecule has 2 aliphatic rings. The zero-order valence-electron chi connectivity index (χ0n) is 12.7. The summed E-state index contributed by atoms with van der Waals surface area (Å²) in [6, 6.07) is 3.97. The van der Waals surface area contributed by atoms with Gasteiger partial charge in [0, 0.05) is 6.42 Å². The number of carboxylic acid groups (broad SMARTS) is 1. The minimum Gasteiger partial charge on any atom is -0.490 e. The predicted octanol–water partition coefficient (Wildman–Crippen LogP) is 2.60. The number of aryl methyl sites for hydroxylation is 1. The van der Waals surface area contributed by atoms with E-state index in [-0.39, 0.29) is 16.3 Å². The number of carbonyl (C=O) groups excluding carboxylic acids is 1. The van der Waals surface area contributed by atoms with Crippen LogP contribution in [0.3, 0.4) is 0 Å². The Morgan fingerprint density at radius 1 is 1.57 bits per heavy atom. The predicted molar refractivity (Wildman–Crippen MR) is 92.5 cm³/mol. The van der Waals surface area contributed by atoms with E-state index in [1.807, 2.05) is 26.0 Å². The summed E-state index contributed by atoms with van der Waals surface area (Å²) in [5.74, 6) is -0.514. The van der Waals surface area contributed by atoms with Gasteiger partial charge in [0.1, 0.15) is 22.7 Å². The second-order valence-electron chi connectivity index (χ2n) is 5.62. The molecule has 0 bridgehead atoms. The number of carboxylic acids is 1. The highest BCUT2D eigenvalue weighted by Gasteiger charge is 2.33. The van der Waals surface area contributed by atoms with Crippen molar-refractivity contribution in [3.8, 4) is 5.75 Å². The van der Waals surface area contributed by atoms with Crippen molar-refractivity contribution in [2.24, 2.45) is 0 Å². The number of thiocarbonyl (C=S) groups is 1. The Morgan fingerprint density at radius 2 is 2.30 bits per heavy atom. The fraction of sp³-hybridized carbons (Fsp3) is 0.312. The molecule has 1 amide bonds. The fourth-order valence-corrected chi connectivity index (χ4v) is 4.01. The average Bonchev–Trinajstić information content (AvgIpc) is 2.94. The lowest BCUT2D eigenvalue weighted by Crippen LogP contribution is -2.33. The van der Waals surface area contributed by atoms with E-state index < -0.39 is 12.5 Å². The van der Waals surface area contributed by atoms with Gasteiger partial charge in [-0.05, 0) is 48.7 Å². The van der Waals surface area contributed by atoms with Gasteiger partial charge in [0.25, 0.3) is 5.91 Å². The highest BCUT2D eigenvalue weighted by atomic mass is 32.2. The minimum atomic E-state index is -1.08. The molecule has 1 aromatic carbocycles. The molecule has 2 heterocycles. The number of rotatable bonds is 3. The Kier molecular flexibility index (Phi) is 4.16. The van der Waals surface area contributed by atoms with Gasteiger partial charge in [-0.1, -0.05) is 24.0 Å². The second kappa shape index (κ2) is 5.98. The first-order valence-corrected chi connectivity index (χ1v) is 8.35. The monoisotopic (exact) mass is 349 g/mol. The number of benzene rings is 1. The zero-order chi connectivity index (χ0) is 16.7. The summed E-state index contributed by atoms with van der Waals surface area (Å²) < 4.78 is 6.05. The summed E-state index contributed by atoms with van der Waals surface area (Å²) in [5, 5.41) is 8.86. The first-order chi connectivity index (χ1) is 10.8. The second-order valence-corrected chi connectivity index (χ2v) is 7.30. The Balaban J connectivity index is 1.90. The van der Waals surface area contributed by atoms with E-state index >= 15 is 0 Å². The molecule has 2 aliphatic heterocycles. The summed E-state index contributed by atoms with van der Waals surface area (Å²) in [6.07, 6.45) is 2.77. The van der Waals surface area contributed by atoms with Gasteiger partial charge in [-0.15, -0.1) is 0 Å². The van der Waals surface area contributed by atoms with Gasteiger partial charge < -0.3 is 9.84 Å². The third kappa shape index (κ3) is 3.11. The van der Waals surface area contributed by atoms with E-state index in [9.17, 15) is 9.59 Å². The number of hydrogen-bond acceptors (Lipinski definition) is 5. The molecular formula is C16H15NO4S2. The molecule has 1 fully saturated rings. The first kappa shape index (κ1) is 16.0. The summed E-state index contributed by atoms with van der Waals surface area (Å²) in [7, 11) is 0. The number of aliphatic carboxylic acids is 1. The number of ether oxygens (including phenoxy) is 1. The normalized spacial score (nSPS) is 21.7. The molecule has 0 spiro atoms. The van der Waals surface area contributed by atoms with Crippen molar-refractivity contribution in [2.75, 3.05) is 6.54 Å². The number of amides is 1. The van der Waals surface area contributed by atoms with Crippen molar-refractivity contribution >= 4 is 46.3 Å². The van der Waals surface area contributed by atoms with Crippen LogP contribution in [0.2, 0.25) is 0 Å². The Morgan fingerprint density at radius 3 is 3.00 bits per heavy atom. The number of nitrogens with zero attached hydrogens (tertiary/aromatic N) is 1. The van der Waals surface area contributed by atoms with E-state index in [1.54, 1.807) is 6.08 Å². The van der Waals surface area contributed by atoms with Crippen molar-refractivity contribution in [2.45, 2.75) is 26.4 Å². The lowest BCUT2D eigenvalue weighted by Gasteiger charge is -2.10. The lowest BCUT2D eigenvalue weighted by molar-refractivity contribution is -0.140. The first-order valence-electron chi connectivity index (χ1n) is 7.12. The highest BCUT2D eigenvalue weighted by Crippen LogP contribution is 2.36. The molecule has 120 valence electrons. The standard InChI is InChI=1S/C16H15NO4S2/c1-8-3-10(5-11-4-9(2)21-14(8)11)6-12-15(20)17(7-13(18)19)16(22)23-12/h3,5-6,9H,4,7H2,1-2H3,(H,18,19)/b12-6-. The average molecular weight is 349 g/mol. The summed E-state index contributed by atoms with van der Waals surface area (Å²) in [4.78, 5) is 24.7. The van der Waals surface area contributed by atoms with Gasteiger partial charge in [-0.25, -0.2) is 0 Å². The van der Waals surface area contributed by atoms with Crippen molar-refractivity contribution in [3.05, 3.63) is 33.7 Å². The van der Waals surface area contributed by atoms with Crippen LogP contribution in [0.15, 0.2) is 17.0 Å². The van der Waals surface area contributed by atoms with Crippen LogP contribution in [0.1, 0.15) is 23.6 Å². The summed E-state index contributed by atoms with van der Waals surface area (Å²) in [5.41, 5.74) is 3.05. The van der Waals surface area contributed by atoms with Crippen LogP contribution in [-0.2, 0) is 16.0 Å². The molecule has 1 unspecified atom stereocenters. The maximum absolute atomic E-state index is 12.3. The van der Waals surface area contributed by atoms with Crippen molar-refractivity contribution in [1.82, 2.24) is 4.90 Å². The molecule has 3 rings (SSSR count). The molecule has 5 nitrogen and oxygen atoms in total. The van der Waals surface area contributed by atoms with Crippen LogP contribution < -0.4 is 4.74 Å². The van der Waals surface area contributed by atoms with Gasteiger partial charge in [0.15, 0.2) is 0 Å². The van der Waals surface area contributed by atoms with Crippen LogP contribution in [0.25, 0.3) is 6.08 Å². The zero-order valence-corrected chi connectivity index (χ0v) is 14.3. The van der Waals surface area contributed by atoms with Crippen LogP contribution in [-0.4, -0.2) is 38.9 Å². The Hall–Kier alpha value is -1.86. The van der Waals surface area contributed by atoms with Crippen molar-refractivity contribution in [1.29, 1.82) is 0 Å². The van der Waals surface area contributed by atoms with E-state index in [4.69, 9.17) is 22.1 Å². The molecule has 23 heavy (non-hydrogen) atoms. The van der Waals surface area contributed by atoms with Gasteiger partial charge in [-0.3, -0.25) is 14.5 Å². The molecule has 1 N–H and O–H groups in total. The number of thioether (sulfide) groups is 1. The van der Waals surface area contributed by atoms with E-state index in [0.29, 0.717) is 4.91 Å². The van der Waals surface area contributed by atoms with Crippen LogP contribution in [0, 0.1) is 6.92 Å². The third-order valence-electron chi connectivity index (χ3n) is 3.67. The summed E-state index contributed by atoms with van der Waals surface area (Å²) in [6.45, 7) is 3.59. The van der Waals surface area contributed by atoms with E-state index in [0.717, 1.165) is 45.5 Å². The van der Waals surface area contributed by atoms with Gasteiger partial charge >= 0.3 is 5.97 Å². The molecule has 1 atom stereocenters. The van der Waals surface area contributed by atoms with Crippen LogP contribution >= 0.6 is 24.0 Å². The maximum atomic E-state index is 12.3. The molecule has 0 saturated carbocycles. The van der Waals surface area contributed by atoms with Gasteiger partial charge in [0.2, 0.25) is 0 Å². The third-order valence-corrected chi connectivity index (χ3v) is 5.04. The number of carbonyl (C=O) groups is 2. The van der Waals surface area contributed by atoms with E-state index in [2.05, 4.69) is 0 Å². The minimum absolute atomic E-state index is 0.160. The fourth-order valence-electron chi connectivity index (χ4n) is 2.76. The highest BCUT2D eigenvalue weighted by molar-refractivity contribution is 8.26. The van der Waals surface area contributed by atoms with Gasteiger partial charge in [0.05, 0.1) is 4.91 Å². The van der Waals surface area contributed by atoms with Crippen LogP contribution in [0.4, 0.5) is 0 Å². The molecule has 0 aromatic heterocycles. The smallest absolute Gasteiger partial charge is 0.323 e. The molecule has 1 saturated heterocycles. The van der Waals surface area contributed by atoms with Crippen molar-refractivity contribution < 1.29 is 19.4 Å².